The Bertz CT molecular complexity index is 317. The fourth-order valence-electron chi connectivity index (χ4n) is 1.37. The molecule has 0 amide bonds. The van der Waals surface area contributed by atoms with Gasteiger partial charge in [0, 0.05) is 25.4 Å². The van der Waals surface area contributed by atoms with E-state index in [4.69, 9.17) is 9.47 Å². The number of anilines is 1. The zero-order valence-electron chi connectivity index (χ0n) is 9.36. The van der Waals surface area contributed by atoms with Crippen LogP contribution in [0.3, 0.4) is 0 Å². The molecule has 0 unspecified atom stereocenters. The molecule has 0 N–H and O–H groups in total. The normalized spacial score (nSPS) is 9.87. The van der Waals surface area contributed by atoms with Crippen molar-refractivity contribution in [3.63, 3.8) is 0 Å². The topological polar surface area (TPSA) is 21.7 Å². The highest BCUT2D eigenvalue weighted by atomic mass is 32.1. The largest absolute Gasteiger partial charge is 0.497 e. The van der Waals surface area contributed by atoms with Crippen LogP contribution in [0.5, 0.6) is 11.5 Å². The molecule has 0 heterocycles. The van der Waals surface area contributed by atoms with Gasteiger partial charge in [-0.15, -0.1) is 0 Å². The smallest absolute Gasteiger partial charge is 0.142 e. The molecule has 0 aromatic heterocycles. The van der Waals surface area contributed by atoms with Crippen molar-refractivity contribution in [3.05, 3.63) is 18.2 Å². The zero-order valence-corrected chi connectivity index (χ0v) is 10.3. The molecule has 0 spiro atoms. The second-order valence-corrected chi connectivity index (χ2v) is 3.63. The van der Waals surface area contributed by atoms with Gasteiger partial charge in [-0.3, -0.25) is 0 Å². The van der Waals surface area contributed by atoms with Gasteiger partial charge in [-0.2, -0.15) is 12.6 Å². The van der Waals surface area contributed by atoms with E-state index in [0.717, 1.165) is 29.5 Å². The van der Waals surface area contributed by atoms with Crippen LogP contribution in [0.15, 0.2) is 18.2 Å². The van der Waals surface area contributed by atoms with Crippen LogP contribution in [0.1, 0.15) is 0 Å². The van der Waals surface area contributed by atoms with E-state index in [1.807, 2.05) is 25.2 Å². The van der Waals surface area contributed by atoms with Crippen LogP contribution in [0.2, 0.25) is 0 Å². The summed E-state index contributed by atoms with van der Waals surface area (Å²) in [5.41, 5.74) is 1.02. The van der Waals surface area contributed by atoms with Crippen molar-refractivity contribution >= 4 is 18.3 Å². The third-order valence-corrected chi connectivity index (χ3v) is 2.43. The highest BCUT2D eigenvalue weighted by Gasteiger charge is 2.08. The highest BCUT2D eigenvalue weighted by Crippen LogP contribution is 2.31. The number of nitrogens with zero attached hydrogens (tertiary/aromatic N) is 1. The number of thiol groups is 1. The summed E-state index contributed by atoms with van der Waals surface area (Å²) in [7, 11) is 5.33. The van der Waals surface area contributed by atoms with Crippen LogP contribution in [0.25, 0.3) is 0 Å². The average Bonchev–Trinajstić information content (AvgIpc) is 2.28. The van der Waals surface area contributed by atoms with Crippen molar-refractivity contribution in [1.29, 1.82) is 0 Å². The number of rotatable bonds is 5. The van der Waals surface area contributed by atoms with E-state index < -0.39 is 0 Å². The maximum absolute atomic E-state index is 5.29. The Morgan fingerprint density at radius 1 is 1.27 bits per heavy atom. The second-order valence-electron chi connectivity index (χ2n) is 3.18. The minimum absolute atomic E-state index is 0.802. The van der Waals surface area contributed by atoms with Gasteiger partial charge in [0.15, 0.2) is 0 Å². The van der Waals surface area contributed by atoms with Crippen LogP contribution in [0.4, 0.5) is 5.69 Å². The molecule has 3 nitrogen and oxygen atoms in total. The first-order chi connectivity index (χ1) is 7.22. The molecule has 4 heteroatoms. The lowest BCUT2D eigenvalue weighted by molar-refractivity contribution is 0.403. The number of benzene rings is 1. The maximum atomic E-state index is 5.29. The van der Waals surface area contributed by atoms with E-state index in [1.165, 1.54) is 0 Å². The lowest BCUT2D eigenvalue weighted by Gasteiger charge is -2.21. The van der Waals surface area contributed by atoms with Gasteiger partial charge >= 0.3 is 0 Å². The van der Waals surface area contributed by atoms with E-state index in [-0.39, 0.29) is 0 Å². The summed E-state index contributed by atoms with van der Waals surface area (Å²) < 4.78 is 10.5. The molecule has 0 saturated heterocycles. The molecule has 0 radical (unpaired) electrons. The summed E-state index contributed by atoms with van der Waals surface area (Å²) in [5, 5.41) is 0. The fourth-order valence-corrected chi connectivity index (χ4v) is 1.67. The molecule has 15 heavy (non-hydrogen) atoms. The second kappa shape index (κ2) is 5.75. The minimum Gasteiger partial charge on any atom is -0.497 e. The number of ether oxygens (including phenoxy) is 2. The average molecular weight is 227 g/mol. The van der Waals surface area contributed by atoms with Gasteiger partial charge in [0.1, 0.15) is 11.5 Å². The quantitative estimate of drug-likeness (QED) is 0.778. The van der Waals surface area contributed by atoms with E-state index in [1.54, 1.807) is 14.2 Å². The van der Waals surface area contributed by atoms with Crippen LogP contribution < -0.4 is 14.4 Å². The fraction of sp³-hybridized carbons (Fsp3) is 0.455. The minimum atomic E-state index is 0.802. The molecule has 0 bridgehead atoms. The predicted molar refractivity (Wildman–Crippen MR) is 66.7 cm³/mol. The molecule has 1 aromatic rings. The van der Waals surface area contributed by atoms with Crippen molar-refractivity contribution < 1.29 is 9.47 Å². The molecular formula is C11H17NO2S. The van der Waals surface area contributed by atoms with E-state index in [0.29, 0.717) is 0 Å². The zero-order chi connectivity index (χ0) is 11.3. The third kappa shape index (κ3) is 2.96. The van der Waals surface area contributed by atoms with Gasteiger partial charge < -0.3 is 14.4 Å². The van der Waals surface area contributed by atoms with Crippen molar-refractivity contribution in [3.8, 4) is 11.5 Å². The van der Waals surface area contributed by atoms with Gasteiger partial charge in [-0.05, 0) is 12.1 Å². The molecule has 1 aromatic carbocycles. The molecular weight excluding hydrogens is 210 g/mol. The lowest BCUT2D eigenvalue weighted by atomic mass is 10.2. The van der Waals surface area contributed by atoms with Crippen LogP contribution >= 0.6 is 12.6 Å². The number of hydrogen-bond acceptors (Lipinski definition) is 4. The van der Waals surface area contributed by atoms with E-state index >= 15 is 0 Å². The Morgan fingerprint density at radius 3 is 2.53 bits per heavy atom. The van der Waals surface area contributed by atoms with Gasteiger partial charge in [0.2, 0.25) is 0 Å². The summed E-state index contributed by atoms with van der Waals surface area (Å²) in [6, 6.07) is 5.75. The van der Waals surface area contributed by atoms with Gasteiger partial charge in [0.05, 0.1) is 19.9 Å². The first-order valence-electron chi connectivity index (χ1n) is 4.77. The first-order valence-corrected chi connectivity index (χ1v) is 5.40. The molecule has 1 rings (SSSR count). The molecule has 0 aliphatic carbocycles. The number of hydrogen-bond donors (Lipinski definition) is 1. The Labute approximate surface area is 96.4 Å². The Hall–Kier alpha value is -1.03. The highest BCUT2D eigenvalue weighted by molar-refractivity contribution is 7.80. The summed E-state index contributed by atoms with van der Waals surface area (Å²) >= 11 is 4.21. The predicted octanol–water partition coefficient (Wildman–Crippen LogP) is 2.07. The molecule has 84 valence electrons. The van der Waals surface area contributed by atoms with Crippen molar-refractivity contribution in [2.24, 2.45) is 0 Å². The van der Waals surface area contributed by atoms with E-state index in [2.05, 4.69) is 17.5 Å². The third-order valence-electron chi connectivity index (χ3n) is 2.23. The summed E-state index contributed by atoms with van der Waals surface area (Å²) in [5.74, 6) is 2.48. The molecule has 0 saturated carbocycles. The maximum Gasteiger partial charge on any atom is 0.142 e. The van der Waals surface area contributed by atoms with Crippen LogP contribution in [-0.4, -0.2) is 33.6 Å². The standard InChI is InChI=1S/C11H17NO2S/c1-12(6-7-15)10-8-9(13-2)4-5-11(10)14-3/h4-5,8,15H,6-7H2,1-3H3. The molecule has 0 atom stereocenters. The van der Waals surface area contributed by atoms with Crippen LogP contribution in [-0.2, 0) is 0 Å². The Morgan fingerprint density at radius 2 is 2.00 bits per heavy atom. The number of methoxy groups -OCH3 is 2. The summed E-state index contributed by atoms with van der Waals surface area (Å²) in [6.07, 6.45) is 0. The molecule has 0 fully saturated rings. The van der Waals surface area contributed by atoms with Crippen molar-refractivity contribution in [2.75, 3.05) is 38.5 Å². The molecule has 0 aliphatic rings. The van der Waals surface area contributed by atoms with Crippen molar-refractivity contribution in [2.45, 2.75) is 0 Å². The van der Waals surface area contributed by atoms with Crippen LogP contribution in [0, 0.1) is 0 Å². The summed E-state index contributed by atoms with van der Waals surface area (Å²) in [6.45, 7) is 0.868. The molecule has 0 aliphatic heterocycles. The lowest BCUT2D eigenvalue weighted by Crippen LogP contribution is -2.20. The van der Waals surface area contributed by atoms with Gasteiger partial charge in [-0.25, -0.2) is 0 Å². The SMILES string of the molecule is COc1ccc(OC)c(N(C)CCS)c1. The first kappa shape index (κ1) is 12.0. The summed E-state index contributed by atoms with van der Waals surface area (Å²) in [4.78, 5) is 2.09. The van der Waals surface area contributed by atoms with E-state index in [9.17, 15) is 0 Å². The monoisotopic (exact) mass is 227 g/mol. The van der Waals surface area contributed by atoms with Gasteiger partial charge in [-0.1, -0.05) is 0 Å². The Kier molecular flexibility index (Phi) is 4.62. The van der Waals surface area contributed by atoms with Crippen molar-refractivity contribution in [1.82, 2.24) is 0 Å². The van der Waals surface area contributed by atoms with Gasteiger partial charge in [0.25, 0.3) is 0 Å². The Balaban J connectivity index is 3.00.